The van der Waals surface area contributed by atoms with Gasteiger partial charge in [-0.05, 0) is 24.3 Å². The summed E-state index contributed by atoms with van der Waals surface area (Å²) in [5.41, 5.74) is 1.20. The second kappa shape index (κ2) is 7.88. The van der Waals surface area contributed by atoms with E-state index in [2.05, 4.69) is 38.1 Å². The van der Waals surface area contributed by atoms with Gasteiger partial charge in [0.05, 0.1) is 0 Å². The summed E-state index contributed by atoms with van der Waals surface area (Å²) in [6.45, 7) is 6.51. The lowest BCUT2D eigenvalue weighted by atomic mass is 10.1. The summed E-state index contributed by atoms with van der Waals surface area (Å²) in [4.78, 5) is 5.59. The van der Waals surface area contributed by atoms with Crippen molar-refractivity contribution in [3.8, 4) is 0 Å². The summed E-state index contributed by atoms with van der Waals surface area (Å²) in [7, 11) is 0. The molecule has 17 heavy (non-hydrogen) atoms. The van der Waals surface area contributed by atoms with Gasteiger partial charge in [-0.15, -0.1) is 0 Å². The fraction of sp³-hybridized carbons (Fsp3) is 0.533. The van der Waals surface area contributed by atoms with E-state index in [1.807, 2.05) is 24.4 Å². The minimum absolute atomic E-state index is 0.0876. The highest BCUT2D eigenvalue weighted by Crippen LogP contribution is 2.22. The molecule has 2 nitrogen and oxygen atoms in total. The van der Waals surface area contributed by atoms with Crippen molar-refractivity contribution in [2.75, 3.05) is 0 Å². The Bertz CT molecular complexity index is 319. The molecule has 2 heteroatoms. The molecular formula is C15H23NO. The molecule has 94 valence electrons. The molecule has 0 unspecified atom stereocenters. The molecule has 0 amide bonds. The first-order valence-electron chi connectivity index (χ1n) is 6.46. The number of hydrogen-bond acceptors (Lipinski definition) is 2. The summed E-state index contributed by atoms with van der Waals surface area (Å²) in [5.74, 6) is 0.628. The van der Waals surface area contributed by atoms with Crippen molar-refractivity contribution in [2.24, 2.45) is 11.1 Å². The van der Waals surface area contributed by atoms with E-state index in [4.69, 9.17) is 4.84 Å². The average Bonchev–Trinajstić information content (AvgIpc) is 2.34. The lowest BCUT2D eigenvalue weighted by Gasteiger charge is -2.14. The highest BCUT2D eigenvalue weighted by molar-refractivity contribution is 5.56. The van der Waals surface area contributed by atoms with Crippen molar-refractivity contribution in [2.45, 2.75) is 46.1 Å². The maximum absolute atomic E-state index is 5.59. The van der Waals surface area contributed by atoms with Crippen LogP contribution in [0.3, 0.4) is 0 Å². The van der Waals surface area contributed by atoms with Gasteiger partial charge in [0.15, 0.2) is 6.10 Å². The number of benzene rings is 1. The van der Waals surface area contributed by atoms with E-state index in [0.717, 1.165) is 19.3 Å². The minimum Gasteiger partial charge on any atom is -0.388 e. The molecule has 0 saturated heterocycles. The minimum atomic E-state index is 0.0876. The van der Waals surface area contributed by atoms with Crippen LogP contribution >= 0.6 is 0 Å². The second-order valence-corrected chi connectivity index (χ2v) is 4.71. The number of rotatable bonds is 7. The van der Waals surface area contributed by atoms with Gasteiger partial charge in [-0.25, -0.2) is 0 Å². The van der Waals surface area contributed by atoms with Crippen LogP contribution in [0.4, 0.5) is 0 Å². The Morgan fingerprint density at radius 2 is 1.94 bits per heavy atom. The standard InChI is InChI=1S/C15H23NO/c1-4-8-15(14-9-6-5-7-10-14)17-16-12-11-13(2)3/h5-7,9-10,12-13,15H,4,8,11H2,1-3H3/b16-12+/t15-/m1/s1. The van der Waals surface area contributed by atoms with Crippen LogP contribution in [0.15, 0.2) is 35.5 Å². The molecule has 1 rings (SSSR count). The zero-order valence-electron chi connectivity index (χ0n) is 11.1. The van der Waals surface area contributed by atoms with Crippen LogP contribution in [0, 0.1) is 5.92 Å². The molecule has 0 aliphatic rings. The summed E-state index contributed by atoms with van der Waals surface area (Å²) in [5, 5.41) is 4.08. The topological polar surface area (TPSA) is 21.6 Å². The fourth-order valence-electron chi connectivity index (χ4n) is 1.58. The molecule has 1 aromatic carbocycles. The Morgan fingerprint density at radius 1 is 1.24 bits per heavy atom. The molecule has 1 atom stereocenters. The van der Waals surface area contributed by atoms with Crippen molar-refractivity contribution in [1.82, 2.24) is 0 Å². The van der Waals surface area contributed by atoms with Gasteiger partial charge in [0.25, 0.3) is 0 Å². The first kappa shape index (κ1) is 13.8. The number of nitrogens with zero attached hydrogens (tertiary/aromatic N) is 1. The van der Waals surface area contributed by atoms with E-state index < -0.39 is 0 Å². The Kier molecular flexibility index (Phi) is 6.38. The summed E-state index contributed by atoms with van der Waals surface area (Å²) in [6, 6.07) is 10.3. The zero-order valence-corrected chi connectivity index (χ0v) is 11.1. The summed E-state index contributed by atoms with van der Waals surface area (Å²) in [6.07, 6.45) is 5.02. The van der Waals surface area contributed by atoms with Gasteiger partial charge in [0, 0.05) is 6.21 Å². The van der Waals surface area contributed by atoms with Crippen molar-refractivity contribution in [1.29, 1.82) is 0 Å². The first-order chi connectivity index (χ1) is 8.24. The molecule has 0 aromatic heterocycles. The highest BCUT2D eigenvalue weighted by Gasteiger charge is 2.10. The number of hydrogen-bond donors (Lipinski definition) is 0. The van der Waals surface area contributed by atoms with Crippen molar-refractivity contribution in [3.05, 3.63) is 35.9 Å². The normalized spacial score (nSPS) is 13.2. The molecule has 0 radical (unpaired) electrons. The number of oxime groups is 1. The molecule has 0 aliphatic heterocycles. The van der Waals surface area contributed by atoms with E-state index in [9.17, 15) is 0 Å². The molecule has 0 N–H and O–H groups in total. The largest absolute Gasteiger partial charge is 0.388 e. The van der Waals surface area contributed by atoms with Crippen LogP contribution in [0.5, 0.6) is 0 Å². The lowest BCUT2D eigenvalue weighted by molar-refractivity contribution is 0.0522. The van der Waals surface area contributed by atoms with Gasteiger partial charge in [-0.1, -0.05) is 62.7 Å². The third-order valence-electron chi connectivity index (χ3n) is 2.56. The average molecular weight is 233 g/mol. The van der Waals surface area contributed by atoms with Crippen LogP contribution in [0.25, 0.3) is 0 Å². The summed E-state index contributed by atoms with van der Waals surface area (Å²) >= 11 is 0. The van der Waals surface area contributed by atoms with Gasteiger partial charge >= 0.3 is 0 Å². The molecule has 0 saturated carbocycles. The van der Waals surface area contributed by atoms with Crippen LogP contribution in [0.1, 0.15) is 51.7 Å². The van der Waals surface area contributed by atoms with Gasteiger partial charge in [-0.3, -0.25) is 0 Å². The van der Waals surface area contributed by atoms with Crippen LogP contribution in [-0.2, 0) is 4.84 Å². The monoisotopic (exact) mass is 233 g/mol. The van der Waals surface area contributed by atoms with E-state index in [1.165, 1.54) is 5.56 Å². The van der Waals surface area contributed by atoms with E-state index in [-0.39, 0.29) is 6.10 Å². The highest BCUT2D eigenvalue weighted by atomic mass is 16.6. The molecule has 0 aliphatic carbocycles. The second-order valence-electron chi connectivity index (χ2n) is 4.71. The van der Waals surface area contributed by atoms with Gasteiger partial charge in [0.1, 0.15) is 0 Å². The van der Waals surface area contributed by atoms with E-state index in [1.54, 1.807) is 0 Å². The molecule has 0 bridgehead atoms. The predicted molar refractivity (Wildman–Crippen MR) is 73.1 cm³/mol. The van der Waals surface area contributed by atoms with Crippen molar-refractivity contribution >= 4 is 6.21 Å². The van der Waals surface area contributed by atoms with Gasteiger partial charge in [-0.2, -0.15) is 0 Å². The molecule has 1 aromatic rings. The third kappa shape index (κ3) is 5.53. The fourth-order valence-corrected chi connectivity index (χ4v) is 1.58. The zero-order chi connectivity index (χ0) is 12.5. The Morgan fingerprint density at radius 3 is 2.53 bits per heavy atom. The maximum atomic E-state index is 5.59. The Labute approximate surface area is 105 Å². The van der Waals surface area contributed by atoms with Gasteiger partial charge < -0.3 is 4.84 Å². The SMILES string of the molecule is CCC[C@@H](O/N=C/CC(C)C)c1ccccc1. The summed E-state index contributed by atoms with van der Waals surface area (Å²) < 4.78 is 0. The van der Waals surface area contributed by atoms with Crippen LogP contribution < -0.4 is 0 Å². The van der Waals surface area contributed by atoms with E-state index >= 15 is 0 Å². The maximum Gasteiger partial charge on any atom is 0.152 e. The van der Waals surface area contributed by atoms with Crippen LogP contribution in [0.2, 0.25) is 0 Å². The molecule has 0 heterocycles. The molecule has 0 fully saturated rings. The van der Waals surface area contributed by atoms with Crippen molar-refractivity contribution < 1.29 is 4.84 Å². The Balaban J connectivity index is 2.52. The van der Waals surface area contributed by atoms with Crippen molar-refractivity contribution in [3.63, 3.8) is 0 Å². The van der Waals surface area contributed by atoms with E-state index in [0.29, 0.717) is 5.92 Å². The third-order valence-corrected chi connectivity index (χ3v) is 2.56. The molecular weight excluding hydrogens is 210 g/mol. The molecule has 0 spiro atoms. The quantitative estimate of drug-likeness (QED) is 0.499. The van der Waals surface area contributed by atoms with Gasteiger partial charge in [0.2, 0.25) is 0 Å². The smallest absolute Gasteiger partial charge is 0.152 e. The lowest BCUT2D eigenvalue weighted by Crippen LogP contribution is -2.00. The Hall–Kier alpha value is -1.31. The predicted octanol–water partition coefficient (Wildman–Crippen LogP) is 4.58. The first-order valence-corrected chi connectivity index (χ1v) is 6.46. The van der Waals surface area contributed by atoms with Crippen LogP contribution in [-0.4, -0.2) is 6.21 Å².